The van der Waals surface area contributed by atoms with Crippen LogP contribution >= 0.6 is 0 Å². The van der Waals surface area contributed by atoms with Crippen molar-refractivity contribution in [2.45, 2.75) is 45.2 Å². The zero-order valence-electron chi connectivity index (χ0n) is 13.3. The van der Waals surface area contributed by atoms with Crippen LogP contribution in [0.1, 0.15) is 44.1 Å². The summed E-state index contributed by atoms with van der Waals surface area (Å²) in [6.45, 7) is 6.38. The second-order valence-electron chi connectivity index (χ2n) is 6.93. The lowest BCUT2D eigenvalue weighted by Crippen LogP contribution is -2.43. The minimum atomic E-state index is -0.449. The molecule has 1 aromatic heterocycles. The summed E-state index contributed by atoms with van der Waals surface area (Å²) in [6, 6.07) is 2.16. The molecule has 1 saturated carbocycles. The third-order valence-electron chi connectivity index (χ3n) is 4.73. The zero-order valence-corrected chi connectivity index (χ0v) is 13.3. The third-order valence-corrected chi connectivity index (χ3v) is 4.73. The van der Waals surface area contributed by atoms with Gasteiger partial charge in [-0.05, 0) is 24.7 Å². The molecule has 0 radical (unpaired) electrons. The maximum Gasteiger partial charge on any atom is 0.245 e. The van der Waals surface area contributed by atoms with E-state index in [0.717, 1.165) is 31.1 Å². The smallest absolute Gasteiger partial charge is 0.245 e. The monoisotopic (exact) mass is 307 g/mol. The first-order valence-electron chi connectivity index (χ1n) is 8.15. The first-order chi connectivity index (χ1) is 10.6. The highest BCUT2D eigenvalue weighted by Gasteiger charge is 2.36. The summed E-state index contributed by atoms with van der Waals surface area (Å²) < 4.78 is 5.40. The first kappa shape index (κ1) is 15.5. The van der Waals surface area contributed by atoms with Crippen LogP contribution in [0.5, 0.6) is 0 Å². The topological polar surface area (TPSA) is 78.6 Å². The largest absolute Gasteiger partial charge is 0.387 e. The van der Waals surface area contributed by atoms with E-state index in [2.05, 4.69) is 35.3 Å². The second-order valence-corrected chi connectivity index (χ2v) is 6.93. The minimum absolute atomic E-state index is 0.0921. The van der Waals surface area contributed by atoms with Crippen molar-refractivity contribution in [3.63, 3.8) is 0 Å². The Morgan fingerprint density at radius 3 is 2.91 bits per heavy atom. The predicted octanol–water partition coefficient (Wildman–Crippen LogP) is 1.12. The molecule has 122 valence electrons. The van der Waals surface area contributed by atoms with Gasteiger partial charge in [0.1, 0.15) is 12.4 Å². The van der Waals surface area contributed by atoms with Gasteiger partial charge < -0.3 is 14.9 Å². The number of hydrogen-bond donors (Lipinski definition) is 2. The van der Waals surface area contributed by atoms with Crippen molar-refractivity contribution in [3.8, 4) is 0 Å². The number of carbonyl (C=O) groups is 1. The zero-order chi connectivity index (χ0) is 15.7. The van der Waals surface area contributed by atoms with E-state index < -0.39 is 6.61 Å². The number of rotatable bonds is 6. The van der Waals surface area contributed by atoms with Crippen LogP contribution in [0.4, 0.5) is 0 Å². The van der Waals surface area contributed by atoms with Crippen LogP contribution < -0.4 is 5.32 Å². The Labute approximate surface area is 130 Å². The van der Waals surface area contributed by atoms with Gasteiger partial charge in [0.25, 0.3) is 0 Å². The highest BCUT2D eigenvalue weighted by atomic mass is 16.5. The van der Waals surface area contributed by atoms with Gasteiger partial charge in [0.2, 0.25) is 5.91 Å². The van der Waals surface area contributed by atoms with Crippen molar-refractivity contribution in [2.75, 3.05) is 19.7 Å². The van der Waals surface area contributed by atoms with Crippen LogP contribution in [0.25, 0.3) is 0 Å². The number of nitrogens with one attached hydrogen (secondary N) is 1. The van der Waals surface area contributed by atoms with Crippen molar-refractivity contribution in [1.82, 2.24) is 15.4 Å². The number of nitrogens with zero attached hydrogens (tertiary/aromatic N) is 2. The van der Waals surface area contributed by atoms with E-state index in [-0.39, 0.29) is 11.9 Å². The molecule has 0 unspecified atom stereocenters. The number of likely N-dealkylation sites (tertiary alicyclic amines) is 1. The minimum Gasteiger partial charge on any atom is -0.387 e. The van der Waals surface area contributed by atoms with Crippen molar-refractivity contribution in [2.24, 2.45) is 11.8 Å². The molecular weight excluding hydrogens is 282 g/mol. The molecule has 2 atom stereocenters. The van der Waals surface area contributed by atoms with Crippen LogP contribution in [-0.2, 0) is 11.3 Å². The molecule has 0 aromatic carbocycles. The lowest BCUT2D eigenvalue weighted by Gasteiger charge is -2.22. The van der Waals surface area contributed by atoms with Gasteiger partial charge in [-0.3, -0.25) is 9.69 Å². The van der Waals surface area contributed by atoms with Gasteiger partial charge in [0.05, 0.1) is 5.69 Å². The standard InChI is InChI=1S/C16H25N3O3/c1-10(2)13-7-19(8-14(13)17-16(21)9-20)6-12-5-15(22-18-12)11-3-4-11/h5,10-11,13-14,20H,3-4,6-9H2,1-2H3,(H,17,21)/t13-,14+/m0/s1. The molecule has 3 rings (SSSR count). The highest BCUT2D eigenvalue weighted by molar-refractivity contribution is 5.77. The van der Waals surface area contributed by atoms with Gasteiger partial charge >= 0.3 is 0 Å². The van der Waals surface area contributed by atoms with Gasteiger partial charge in [0.15, 0.2) is 0 Å². The Hall–Kier alpha value is -1.40. The molecule has 2 heterocycles. The Kier molecular flexibility index (Phi) is 4.49. The van der Waals surface area contributed by atoms with Crippen LogP contribution in [0.2, 0.25) is 0 Å². The summed E-state index contributed by atoms with van der Waals surface area (Å²) >= 11 is 0. The summed E-state index contributed by atoms with van der Waals surface area (Å²) in [5.74, 6) is 2.17. The number of aliphatic hydroxyl groups is 1. The quantitative estimate of drug-likeness (QED) is 0.823. The normalized spacial score (nSPS) is 25.8. The molecule has 6 nitrogen and oxygen atoms in total. The molecule has 0 bridgehead atoms. The van der Waals surface area contributed by atoms with E-state index in [1.54, 1.807) is 0 Å². The molecule has 1 aromatic rings. The predicted molar refractivity (Wildman–Crippen MR) is 81.1 cm³/mol. The molecule has 22 heavy (non-hydrogen) atoms. The molecule has 2 fully saturated rings. The molecule has 1 saturated heterocycles. The number of aromatic nitrogens is 1. The average Bonchev–Trinajstić information content (AvgIpc) is 3.11. The van der Waals surface area contributed by atoms with Crippen LogP contribution in [0, 0.1) is 11.8 Å². The molecule has 2 aliphatic rings. The summed E-state index contributed by atoms with van der Waals surface area (Å²) in [5.41, 5.74) is 0.971. The lowest BCUT2D eigenvalue weighted by atomic mass is 9.91. The highest BCUT2D eigenvalue weighted by Crippen LogP contribution is 2.40. The first-order valence-corrected chi connectivity index (χ1v) is 8.15. The Morgan fingerprint density at radius 2 is 2.27 bits per heavy atom. The summed E-state index contributed by atoms with van der Waals surface area (Å²) in [7, 11) is 0. The summed E-state index contributed by atoms with van der Waals surface area (Å²) in [4.78, 5) is 13.8. The van der Waals surface area contributed by atoms with E-state index in [9.17, 15) is 4.79 Å². The molecule has 1 aliphatic carbocycles. The number of carbonyl (C=O) groups excluding carboxylic acids is 1. The molecule has 2 N–H and O–H groups in total. The Balaban J connectivity index is 1.60. The molecule has 1 aliphatic heterocycles. The molecule has 1 amide bonds. The lowest BCUT2D eigenvalue weighted by molar-refractivity contribution is -0.124. The number of hydrogen-bond acceptors (Lipinski definition) is 5. The molecule has 6 heteroatoms. The van der Waals surface area contributed by atoms with Crippen molar-refractivity contribution >= 4 is 5.91 Å². The SMILES string of the molecule is CC(C)[C@@H]1CN(Cc2cc(C3CC3)on2)C[C@H]1NC(=O)CO. The number of aliphatic hydroxyl groups excluding tert-OH is 1. The van der Waals surface area contributed by atoms with Crippen molar-refractivity contribution in [3.05, 3.63) is 17.5 Å². The molecular formula is C16H25N3O3. The maximum atomic E-state index is 11.5. The fraction of sp³-hybridized carbons (Fsp3) is 0.750. The second kappa shape index (κ2) is 6.38. The number of amides is 1. The Bertz CT molecular complexity index is 524. The van der Waals surface area contributed by atoms with Gasteiger partial charge in [-0.2, -0.15) is 0 Å². The van der Waals surface area contributed by atoms with E-state index in [0.29, 0.717) is 17.8 Å². The third kappa shape index (κ3) is 3.50. The van der Waals surface area contributed by atoms with E-state index >= 15 is 0 Å². The van der Waals surface area contributed by atoms with E-state index in [1.807, 2.05) is 0 Å². The van der Waals surface area contributed by atoms with Gasteiger partial charge in [-0.1, -0.05) is 19.0 Å². The van der Waals surface area contributed by atoms with Gasteiger partial charge in [-0.25, -0.2) is 0 Å². The fourth-order valence-corrected chi connectivity index (χ4v) is 3.32. The average molecular weight is 307 g/mol. The Morgan fingerprint density at radius 1 is 1.50 bits per heavy atom. The van der Waals surface area contributed by atoms with Crippen LogP contribution in [0.15, 0.2) is 10.6 Å². The summed E-state index contributed by atoms with van der Waals surface area (Å²) in [5, 5.41) is 16.0. The van der Waals surface area contributed by atoms with Crippen LogP contribution in [0.3, 0.4) is 0 Å². The fourth-order valence-electron chi connectivity index (χ4n) is 3.32. The van der Waals surface area contributed by atoms with E-state index in [4.69, 9.17) is 9.63 Å². The van der Waals surface area contributed by atoms with Gasteiger partial charge in [-0.15, -0.1) is 0 Å². The summed E-state index contributed by atoms with van der Waals surface area (Å²) in [6.07, 6.45) is 2.42. The van der Waals surface area contributed by atoms with Crippen molar-refractivity contribution in [1.29, 1.82) is 0 Å². The van der Waals surface area contributed by atoms with E-state index in [1.165, 1.54) is 12.8 Å². The van der Waals surface area contributed by atoms with Gasteiger partial charge in [0, 0.05) is 37.7 Å². The molecule has 0 spiro atoms. The maximum absolute atomic E-state index is 11.5. The van der Waals surface area contributed by atoms with Crippen molar-refractivity contribution < 1.29 is 14.4 Å². The van der Waals surface area contributed by atoms with Crippen LogP contribution in [-0.4, -0.2) is 46.8 Å².